The first-order chi connectivity index (χ1) is 11.8. The molecule has 3 rings (SSSR count). The summed E-state index contributed by atoms with van der Waals surface area (Å²) < 4.78 is 5.15. The number of hydrogen-bond acceptors (Lipinski definition) is 5. The number of aryl methyl sites for hydroxylation is 2. The van der Waals surface area contributed by atoms with Gasteiger partial charge in [0.1, 0.15) is 11.3 Å². The van der Waals surface area contributed by atoms with Crippen molar-refractivity contribution in [2.75, 3.05) is 16.0 Å². The van der Waals surface area contributed by atoms with Crippen molar-refractivity contribution in [1.29, 1.82) is 0 Å². The van der Waals surface area contributed by atoms with Gasteiger partial charge in [0.25, 0.3) is 0 Å². The standard InChI is InChI=1S/C18H21N3O3S/c1-11-13(12(2)24-20-11)9-25-10-16(22)21-15-8-6-5-7-14(15)19-17(23)18(21,3)4/h5-8H,9-10H2,1-4H3,(H,19,23). The topological polar surface area (TPSA) is 75.4 Å². The number of thioether (sulfide) groups is 1. The molecule has 0 saturated heterocycles. The largest absolute Gasteiger partial charge is 0.361 e. The lowest BCUT2D eigenvalue weighted by Gasteiger charge is -2.42. The summed E-state index contributed by atoms with van der Waals surface area (Å²) in [5.41, 5.74) is 2.33. The van der Waals surface area contributed by atoms with Crippen molar-refractivity contribution in [2.24, 2.45) is 0 Å². The first-order valence-electron chi connectivity index (χ1n) is 8.05. The zero-order valence-corrected chi connectivity index (χ0v) is 15.6. The molecule has 0 radical (unpaired) electrons. The van der Waals surface area contributed by atoms with E-state index in [9.17, 15) is 9.59 Å². The predicted octanol–water partition coefficient (Wildman–Crippen LogP) is 3.29. The Balaban J connectivity index is 1.77. The highest BCUT2D eigenvalue weighted by molar-refractivity contribution is 7.99. The van der Waals surface area contributed by atoms with Crippen LogP contribution in [0.4, 0.5) is 11.4 Å². The smallest absolute Gasteiger partial charge is 0.250 e. The van der Waals surface area contributed by atoms with Crippen LogP contribution in [-0.2, 0) is 15.3 Å². The molecule has 132 valence electrons. The average molecular weight is 359 g/mol. The summed E-state index contributed by atoms with van der Waals surface area (Å²) in [6, 6.07) is 7.36. The monoisotopic (exact) mass is 359 g/mol. The first kappa shape index (κ1) is 17.5. The second-order valence-electron chi connectivity index (χ2n) is 6.55. The fourth-order valence-corrected chi connectivity index (χ4v) is 3.93. The first-order valence-corrected chi connectivity index (χ1v) is 9.21. The molecule has 0 atom stereocenters. The molecule has 0 saturated carbocycles. The molecule has 1 aliphatic heterocycles. The van der Waals surface area contributed by atoms with Gasteiger partial charge in [-0.2, -0.15) is 0 Å². The molecule has 25 heavy (non-hydrogen) atoms. The molecule has 0 fully saturated rings. The molecular weight excluding hydrogens is 338 g/mol. The third kappa shape index (κ3) is 3.16. The molecule has 1 aromatic heterocycles. The normalized spacial score (nSPS) is 15.7. The lowest BCUT2D eigenvalue weighted by Crippen LogP contribution is -2.58. The summed E-state index contributed by atoms with van der Waals surface area (Å²) in [5, 5.41) is 6.80. The van der Waals surface area contributed by atoms with Gasteiger partial charge in [0, 0.05) is 11.3 Å². The third-order valence-corrected chi connectivity index (χ3v) is 5.35. The number of benzene rings is 1. The van der Waals surface area contributed by atoms with Crippen molar-refractivity contribution >= 4 is 35.0 Å². The Morgan fingerprint density at radius 2 is 2.04 bits per heavy atom. The molecular formula is C18H21N3O3S. The van der Waals surface area contributed by atoms with Gasteiger partial charge in [-0.15, -0.1) is 11.8 Å². The van der Waals surface area contributed by atoms with Gasteiger partial charge in [0.05, 0.1) is 22.8 Å². The molecule has 7 heteroatoms. The number of hydrogen-bond donors (Lipinski definition) is 1. The molecule has 1 aromatic carbocycles. The van der Waals surface area contributed by atoms with Crippen LogP contribution in [0, 0.1) is 13.8 Å². The van der Waals surface area contributed by atoms with Gasteiger partial charge < -0.3 is 9.84 Å². The number of carbonyl (C=O) groups is 2. The van der Waals surface area contributed by atoms with Crippen LogP contribution < -0.4 is 10.2 Å². The van der Waals surface area contributed by atoms with E-state index < -0.39 is 5.54 Å². The average Bonchev–Trinajstić information content (AvgIpc) is 2.87. The van der Waals surface area contributed by atoms with Crippen LogP contribution in [0.25, 0.3) is 0 Å². The Morgan fingerprint density at radius 3 is 2.72 bits per heavy atom. The molecule has 0 unspecified atom stereocenters. The summed E-state index contributed by atoms with van der Waals surface area (Å²) in [5.74, 6) is 1.42. The minimum atomic E-state index is -0.935. The van der Waals surface area contributed by atoms with E-state index in [-0.39, 0.29) is 17.6 Å². The highest BCUT2D eigenvalue weighted by Crippen LogP contribution is 2.37. The number of anilines is 2. The van der Waals surface area contributed by atoms with E-state index in [4.69, 9.17) is 4.52 Å². The van der Waals surface area contributed by atoms with Crippen molar-refractivity contribution in [3.63, 3.8) is 0 Å². The Kier molecular flexibility index (Phi) is 4.60. The van der Waals surface area contributed by atoms with Crippen LogP contribution in [0.5, 0.6) is 0 Å². The number of nitrogens with zero attached hydrogens (tertiary/aromatic N) is 2. The van der Waals surface area contributed by atoms with Crippen LogP contribution in [-0.4, -0.2) is 28.3 Å². The van der Waals surface area contributed by atoms with Crippen molar-refractivity contribution < 1.29 is 14.1 Å². The van der Waals surface area contributed by atoms with Crippen molar-refractivity contribution in [3.05, 3.63) is 41.3 Å². The van der Waals surface area contributed by atoms with E-state index in [0.717, 1.165) is 22.7 Å². The van der Waals surface area contributed by atoms with Crippen LogP contribution in [0.3, 0.4) is 0 Å². The van der Waals surface area contributed by atoms with Gasteiger partial charge >= 0.3 is 0 Å². The Bertz CT molecular complexity index is 809. The molecule has 0 aliphatic carbocycles. The summed E-state index contributed by atoms with van der Waals surface area (Å²) in [7, 11) is 0. The Morgan fingerprint density at radius 1 is 1.32 bits per heavy atom. The van der Waals surface area contributed by atoms with Crippen LogP contribution >= 0.6 is 11.8 Å². The zero-order valence-electron chi connectivity index (χ0n) is 14.8. The fourth-order valence-electron chi connectivity index (χ4n) is 2.91. The lowest BCUT2D eigenvalue weighted by molar-refractivity contribution is -0.125. The molecule has 2 amide bonds. The second kappa shape index (κ2) is 6.55. The maximum Gasteiger partial charge on any atom is 0.250 e. The second-order valence-corrected chi connectivity index (χ2v) is 7.54. The van der Waals surface area contributed by atoms with E-state index in [0.29, 0.717) is 11.4 Å². The minimum absolute atomic E-state index is 0.0935. The molecule has 0 bridgehead atoms. The van der Waals surface area contributed by atoms with Gasteiger partial charge in [0.2, 0.25) is 11.8 Å². The summed E-state index contributed by atoms with van der Waals surface area (Å²) in [4.78, 5) is 26.9. The number of rotatable bonds is 4. The van der Waals surface area contributed by atoms with Gasteiger partial charge in [-0.1, -0.05) is 17.3 Å². The Hall–Kier alpha value is -2.28. The van der Waals surface area contributed by atoms with Crippen LogP contribution in [0.1, 0.15) is 30.9 Å². The highest BCUT2D eigenvalue weighted by atomic mass is 32.2. The molecule has 2 heterocycles. The molecule has 2 aromatic rings. The van der Waals surface area contributed by atoms with E-state index in [1.54, 1.807) is 24.8 Å². The maximum absolute atomic E-state index is 12.9. The van der Waals surface area contributed by atoms with Gasteiger partial charge in [-0.05, 0) is 39.8 Å². The molecule has 0 spiro atoms. The number of carbonyl (C=O) groups excluding carboxylic acids is 2. The number of aromatic nitrogens is 1. The number of nitrogens with one attached hydrogen (secondary N) is 1. The quantitative estimate of drug-likeness (QED) is 0.907. The zero-order chi connectivity index (χ0) is 18.2. The van der Waals surface area contributed by atoms with Gasteiger partial charge in [-0.25, -0.2) is 0 Å². The lowest BCUT2D eigenvalue weighted by atomic mass is 9.96. The van der Waals surface area contributed by atoms with Crippen molar-refractivity contribution in [3.8, 4) is 0 Å². The molecule has 1 N–H and O–H groups in total. The Labute approximate surface area is 150 Å². The molecule has 1 aliphatic rings. The van der Waals surface area contributed by atoms with Crippen molar-refractivity contribution in [2.45, 2.75) is 39.0 Å². The van der Waals surface area contributed by atoms with E-state index in [1.165, 1.54) is 11.8 Å². The van der Waals surface area contributed by atoms with Crippen LogP contribution in [0.2, 0.25) is 0 Å². The minimum Gasteiger partial charge on any atom is -0.361 e. The highest BCUT2D eigenvalue weighted by Gasteiger charge is 2.43. The SMILES string of the molecule is Cc1noc(C)c1CSCC(=O)N1c2ccccc2NC(=O)C1(C)C. The van der Waals surface area contributed by atoms with E-state index in [2.05, 4.69) is 10.5 Å². The van der Waals surface area contributed by atoms with Crippen LogP contribution in [0.15, 0.2) is 28.8 Å². The van der Waals surface area contributed by atoms with Gasteiger partial charge in [0.15, 0.2) is 0 Å². The van der Waals surface area contributed by atoms with E-state index in [1.807, 2.05) is 32.0 Å². The summed E-state index contributed by atoms with van der Waals surface area (Å²) >= 11 is 1.49. The van der Waals surface area contributed by atoms with E-state index >= 15 is 0 Å². The van der Waals surface area contributed by atoms with Gasteiger partial charge in [-0.3, -0.25) is 14.5 Å². The summed E-state index contributed by atoms with van der Waals surface area (Å²) in [6.07, 6.45) is 0. The van der Waals surface area contributed by atoms with Crippen molar-refractivity contribution in [1.82, 2.24) is 5.16 Å². The number of fused-ring (bicyclic) bond motifs is 1. The summed E-state index contributed by atoms with van der Waals surface area (Å²) in [6.45, 7) is 7.28. The fraction of sp³-hybridized carbons (Fsp3) is 0.389. The third-order valence-electron chi connectivity index (χ3n) is 4.41. The number of para-hydroxylation sites is 2. The number of amides is 2. The molecule has 6 nitrogen and oxygen atoms in total. The predicted molar refractivity (Wildman–Crippen MR) is 98.8 cm³/mol. The maximum atomic E-state index is 12.9.